The zero-order chi connectivity index (χ0) is 22.8. The van der Waals surface area contributed by atoms with Crippen LogP contribution in [0, 0.1) is 6.92 Å². The van der Waals surface area contributed by atoms with Crippen molar-refractivity contribution in [3.05, 3.63) is 54.7 Å². The van der Waals surface area contributed by atoms with Gasteiger partial charge in [-0.3, -0.25) is 4.79 Å². The number of phenolic OH excluding ortho intramolecular Hbond substituents is 1. The summed E-state index contributed by atoms with van der Waals surface area (Å²) >= 11 is 0. The molecule has 3 aromatic rings. The van der Waals surface area contributed by atoms with Crippen molar-refractivity contribution in [1.29, 1.82) is 0 Å². The first-order valence-electron chi connectivity index (χ1n) is 10.9. The SMILES string of the molecule is C1COCCN1.C=CC(=O)N1CCCC1.Cc1c[nH]c2nnc(-c3ccccc3O)cc12. The summed E-state index contributed by atoms with van der Waals surface area (Å²) in [5.74, 6) is 0.293. The second kappa shape index (κ2) is 12.0. The van der Waals surface area contributed by atoms with Crippen molar-refractivity contribution in [3.8, 4) is 17.0 Å². The minimum Gasteiger partial charge on any atom is -0.507 e. The fourth-order valence-electron chi connectivity index (χ4n) is 3.46. The van der Waals surface area contributed by atoms with Crippen LogP contribution in [0.25, 0.3) is 22.3 Å². The minimum atomic E-state index is 0.0764. The van der Waals surface area contributed by atoms with E-state index in [9.17, 15) is 9.90 Å². The third-order valence-corrected chi connectivity index (χ3v) is 5.26. The van der Waals surface area contributed by atoms with Gasteiger partial charge in [0.2, 0.25) is 5.91 Å². The molecule has 32 heavy (non-hydrogen) atoms. The Morgan fingerprint density at radius 2 is 1.91 bits per heavy atom. The number of phenols is 1. The number of nitrogens with one attached hydrogen (secondary N) is 2. The Kier molecular flexibility index (Phi) is 8.77. The van der Waals surface area contributed by atoms with Gasteiger partial charge in [-0.1, -0.05) is 18.7 Å². The van der Waals surface area contributed by atoms with Crippen molar-refractivity contribution in [3.63, 3.8) is 0 Å². The van der Waals surface area contributed by atoms with E-state index >= 15 is 0 Å². The number of aromatic hydroxyl groups is 1. The first-order valence-corrected chi connectivity index (χ1v) is 10.9. The first-order chi connectivity index (χ1) is 15.6. The second-order valence-electron chi connectivity index (χ2n) is 7.58. The van der Waals surface area contributed by atoms with Crippen LogP contribution >= 0.6 is 0 Å². The molecule has 0 saturated carbocycles. The molecular weight excluding hydrogens is 406 g/mol. The summed E-state index contributed by atoms with van der Waals surface area (Å²) in [6, 6.07) is 9.05. The standard InChI is InChI=1S/C13H11N3O.C7H11NO.C4H9NO/c1-8-7-14-13-10(8)6-11(15-16-13)9-4-2-3-5-12(9)17;1-2-7(9)8-5-3-4-6-8;1-3-6-4-2-5-1/h2-7,17H,1H3,(H,14,16);2H,1,3-6H2;5H,1-4H2. The number of aromatic amines is 1. The van der Waals surface area contributed by atoms with Crippen LogP contribution in [-0.4, -0.2) is 70.5 Å². The Morgan fingerprint density at radius 3 is 2.50 bits per heavy atom. The summed E-state index contributed by atoms with van der Waals surface area (Å²) in [6.07, 6.45) is 5.58. The van der Waals surface area contributed by atoms with Crippen molar-refractivity contribution in [2.45, 2.75) is 19.8 Å². The lowest BCUT2D eigenvalue weighted by Crippen LogP contribution is -2.30. The van der Waals surface area contributed by atoms with Crippen molar-refractivity contribution >= 4 is 16.9 Å². The predicted molar refractivity (Wildman–Crippen MR) is 125 cm³/mol. The molecule has 0 unspecified atom stereocenters. The third-order valence-electron chi connectivity index (χ3n) is 5.26. The van der Waals surface area contributed by atoms with Crippen molar-refractivity contribution in [2.24, 2.45) is 0 Å². The van der Waals surface area contributed by atoms with Gasteiger partial charge in [0.15, 0.2) is 5.65 Å². The molecule has 8 nitrogen and oxygen atoms in total. The van der Waals surface area contributed by atoms with Gasteiger partial charge in [0.05, 0.1) is 18.9 Å². The second-order valence-corrected chi connectivity index (χ2v) is 7.58. The van der Waals surface area contributed by atoms with Gasteiger partial charge in [-0.15, -0.1) is 10.2 Å². The zero-order valence-electron chi connectivity index (χ0n) is 18.5. The lowest BCUT2D eigenvalue weighted by molar-refractivity contribution is -0.124. The van der Waals surface area contributed by atoms with Crippen molar-refractivity contribution in [1.82, 2.24) is 25.4 Å². The van der Waals surface area contributed by atoms with Gasteiger partial charge in [0.25, 0.3) is 0 Å². The Morgan fingerprint density at radius 1 is 1.19 bits per heavy atom. The number of H-pyrrole nitrogens is 1. The van der Waals surface area contributed by atoms with Gasteiger partial charge in [0, 0.05) is 43.3 Å². The Labute approximate surface area is 188 Å². The summed E-state index contributed by atoms with van der Waals surface area (Å²) in [5.41, 5.74) is 3.26. The molecule has 0 spiro atoms. The van der Waals surface area contributed by atoms with Crippen LogP contribution in [0.5, 0.6) is 5.75 Å². The number of aromatic nitrogens is 3. The largest absolute Gasteiger partial charge is 0.507 e. The molecule has 0 bridgehead atoms. The lowest BCUT2D eigenvalue weighted by atomic mass is 10.1. The third kappa shape index (κ3) is 6.38. The zero-order valence-corrected chi connectivity index (χ0v) is 18.5. The van der Waals surface area contributed by atoms with Crippen molar-refractivity contribution < 1.29 is 14.6 Å². The van der Waals surface area contributed by atoms with Crippen LogP contribution in [0.4, 0.5) is 0 Å². The van der Waals surface area contributed by atoms with Crippen LogP contribution in [0.1, 0.15) is 18.4 Å². The molecule has 2 aliphatic heterocycles. The lowest BCUT2D eigenvalue weighted by Gasteiger charge is -2.10. The van der Waals surface area contributed by atoms with E-state index in [0.29, 0.717) is 11.3 Å². The number of fused-ring (bicyclic) bond motifs is 1. The number of para-hydroxylation sites is 1. The molecule has 8 heteroatoms. The molecule has 0 radical (unpaired) electrons. The highest BCUT2D eigenvalue weighted by molar-refractivity contribution is 5.87. The molecule has 2 aliphatic rings. The maximum absolute atomic E-state index is 10.8. The topological polar surface area (TPSA) is 103 Å². The van der Waals surface area contributed by atoms with Crippen molar-refractivity contribution in [2.75, 3.05) is 39.4 Å². The number of likely N-dealkylation sites (tertiary alicyclic amines) is 1. The molecular formula is C24H31N5O3. The number of aryl methyl sites for hydroxylation is 1. The smallest absolute Gasteiger partial charge is 0.245 e. The Bertz CT molecular complexity index is 1010. The summed E-state index contributed by atoms with van der Waals surface area (Å²) in [6.45, 7) is 11.1. The monoisotopic (exact) mass is 437 g/mol. The number of hydrogen-bond acceptors (Lipinski definition) is 6. The van der Waals surface area contributed by atoms with Gasteiger partial charge < -0.3 is 25.0 Å². The summed E-state index contributed by atoms with van der Waals surface area (Å²) in [7, 11) is 0. The van der Waals surface area contributed by atoms with E-state index in [-0.39, 0.29) is 11.7 Å². The number of amides is 1. The summed E-state index contributed by atoms with van der Waals surface area (Å²) in [4.78, 5) is 15.7. The van der Waals surface area contributed by atoms with Crippen LogP contribution < -0.4 is 5.32 Å². The Hall–Kier alpha value is -3.23. The molecule has 2 aromatic heterocycles. The fourth-order valence-corrected chi connectivity index (χ4v) is 3.46. The number of nitrogens with zero attached hydrogens (tertiary/aromatic N) is 3. The number of carbonyl (C=O) groups excluding carboxylic acids is 1. The average molecular weight is 438 g/mol. The predicted octanol–water partition coefficient (Wildman–Crippen LogP) is 3.04. The quantitative estimate of drug-likeness (QED) is 0.533. The number of ether oxygens (including phenoxy) is 1. The molecule has 3 N–H and O–H groups in total. The summed E-state index contributed by atoms with van der Waals surface area (Å²) < 4.78 is 5.01. The van der Waals surface area contributed by atoms with Gasteiger partial charge in [-0.05, 0) is 49.6 Å². The number of hydrogen-bond donors (Lipinski definition) is 3. The van der Waals surface area contributed by atoms with Gasteiger partial charge in [-0.2, -0.15) is 0 Å². The fraction of sp³-hybridized carbons (Fsp3) is 0.375. The molecule has 1 amide bonds. The molecule has 2 fully saturated rings. The van der Waals surface area contributed by atoms with Gasteiger partial charge in [0.1, 0.15) is 5.75 Å². The van der Waals surface area contributed by atoms with E-state index in [1.807, 2.05) is 36.2 Å². The first kappa shape index (κ1) is 23.4. The van der Waals surface area contributed by atoms with Crippen LogP contribution in [-0.2, 0) is 9.53 Å². The van der Waals surface area contributed by atoms with E-state index in [2.05, 4.69) is 27.1 Å². The van der Waals surface area contributed by atoms with E-state index in [1.165, 1.54) is 6.08 Å². The maximum atomic E-state index is 10.8. The average Bonchev–Trinajstić information content (AvgIpc) is 3.51. The maximum Gasteiger partial charge on any atom is 0.245 e. The Balaban J connectivity index is 0.000000161. The number of benzene rings is 1. The number of carbonyl (C=O) groups is 1. The molecule has 0 aliphatic carbocycles. The molecule has 5 rings (SSSR count). The number of morpholine rings is 1. The molecule has 0 atom stereocenters. The van der Waals surface area contributed by atoms with Crippen LogP contribution in [0.15, 0.2) is 49.2 Å². The van der Waals surface area contributed by atoms with Gasteiger partial charge in [-0.25, -0.2) is 0 Å². The minimum absolute atomic E-state index is 0.0764. The van der Waals surface area contributed by atoms with Crippen LogP contribution in [0.3, 0.4) is 0 Å². The summed E-state index contributed by atoms with van der Waals surface area (Å²) in [5, 5.41) is 22.2. The molecule has 1 aromatic carbocycles. The normalized spacial score (nSPS) is 15.3. The van der Waals surface area contributed by atoms with Gasteiger partial charge >= 0.3 is 0 Å². The highest BCUT2D eigenvalue weighted by Crippen LogP contribution is 2.28. The van der Waals surface area contributed by atoms with Crippen LogP contribution in [0.2, 0.25) is 0 Å². The number of rotatable bonds is 2. The molecule has 170 valence electrons. The highest BCUT2D eigenvalue weighted by atomic mass is 16.5. The van der Waals surface area contributed by atoms with E-state index in [4.69, 9.17) is 4.74 Å². The molecule has 2 saturated heterocycles. The van der Waals surface area contributed by atoms with E-state index < -0.39 is 0 Å². The highest BCUT2D eigenvalue weighted by Gasteiger charge is 2.14. The van der Waals surface area contributed by atoms with E-state index in [1.54, 1.807) is 12.1 Å². The van der Waals surface area contributed by atoms with E-state index in [0.717, 1.165) is 68.8 Å². The molecule has 4 heterocycles.